The molecule has 3 rings (SSSR count). The van der Waals surface area contributed by atoms with Crippen LogP contribution in [0.2, 0.25) is 0 Å². The van der Waals surface area contributed by atoms with Gasteiger partial charge in [0.05, 0.1) is 24.7 Å². The van der Waals surface area contributed by atoms with Gasteiger partial charge in [-0.3, -0.25) is 9.59 Å². The van der Waals surface area contributed by atoms with Gasteiger partial charge in [0.25, 0.3) is 0 Å². The Labute approximate surface area is 163 Å². The zero-order valence-corrected chi connectivity index (χ0v) is 16.9. The monoisotopic (exact) mass is 396 g/mol. The lowest BCUT2D eigenvalue weighted by Crippen LogP contribution is -2.63. The summed E-state index contributed by atoms with van der Waals surface area (Å²) in [5, 5.41) is 12.8. The van der Waals surface area contributed by atoms with E-state index >= 15 is 0 Å². The van der Waals surface area contributed by atoms with Crippen LogP contribution in [0.4, 0.5) is 0 Å². The average Bonchev–Trinajstić information content (AvgIpc) is 3.12. The number of nitrogens with one attached hydrogen (secondary N) is 1. The number of rotatable bonds is 8. The first-order valence-corrected chi connectivity index (χ1v) is 10.6. The van der Waals surface area contributed by atoms with Crippen LogP contribution in [0, 0.1) is 11.8 Å². The minimum atomic E-state index is -0.762. The van der Waals surface area contributed by atoms with Crippen LogP contribution in [0.5, 0.6) is 0 Å². The highest BCUT2D eigenvalue weighted by molar-refractivity contribution is 8.03. The molecular weight excluding hydrogens is 368 g/mol. The van der Waals surface area contributed by atoms with Crippen molar-refractivity contribution in [3.05, 3.63) is 10.6 Å². The maximum Gasteiger partial charge on any atom is 0.355 e. The van der Waals surface area contributed by atoms with Crippen LogP contribution in [0.15, 0.2) is 10.6 Å². The Balaban J connectivity index is 1.81. The molecule has 0 saturated carbocycles. The number of unbranched alkanes of at least 4 members (excludes halogenated alkanes) is 2. The van der Waals surface area contributed by atoms with E-state index in [1.807, 2.05) is 6.92 Å². The molecule has 0 aromatic rings. The molecule has 0 spiro atoms. The van der Waals surface area contributed by atoms with Crippen molar-refractivity contribution < 1.29 is 24.2 Å². The van der Waals surface area contributed by atoms with Crippen LogP contribution in [0.3, 0.4) is 0 Å². The third-order valence-corrected chi connectivity index (χ3v) is 7.00. The molecule has 150 valence electrons. The first-order valence-electron chi connectivity index (χ1n) is 9.72. The molecule has 5 atom stereocenters. The number of thioether (sulfide) groups is 1. The summed E-state index contributed by atoms with van der Waals surface area (Å²) in [5.74, 6) is -1.26. The van der Waals surface area contributed by atoms with Crippen LogP contribution in [-0.2, 0) is 19.1 Å². The van der Waals surface area contributed by atoms with E-state index in [2.05, 4.69) is 12.2 Å². The molecule has 0 bridgehead atoms. The molecule has 0 aliphatic carbocycles. The van der Waals surface area contributed by atoms with Crippen LogP contribution in [-0.4, -0.2) is 58.3 Å². The van der Waals surface area contributed by atoms with Gasteiger partial charge in [-0.1, -0.05) is 26.7 Å². The lowest BCUT2D eigenvalue weighted by Gasteiger charge is -2.46. The summed E-state index contributed by atoms with van der Waals surface area (Å²) < 4.78 is 5.44. The quantitative estimate of drug-likeness (QED) is 0.366. The number of aliphatic hydroxyl groups excluding tert-OH is 1. The highest BCUT2D eigenvalue weighted by Crippen LogP contribution is 2.51. The standard InChI is InChI=1S/C19H28N2O5S/c1-4-5-6-7-26-19(25)16-17(27-12-8-13(23)20-9-12)10(2)15-14(11(3)22)18(24)21(15)16/h10-12,14-15,22H,4-9H2,1-3H3,(H,20,23)/t10-,11-,12?,14?,15?/m1/s1. The number of carbonyl (C=O) groups excluding carboxylic acids is 3. The molecule has 7 nitrogen and oxygen atoms in total. The van der Waals surface area contributed by atoms with Gasteiger partial charge in [-0.15, -0.1) is 11.8 Å². The molecule has 8 heteroatoms. The number of aliphatic hydroxyl groups is 1. The smallest absolute Gasteiger partial charge is 0.355 e. The number of hydrogen-bond acceptors (Lipinski definition) is 6. The summed E-state index contributed by atoms with van der Waals surface area (Å²) in [5.41, 5.74) is 0.315. The SMILES string of the molecule is CCCCCOC(=O)C1=C(SC2CNC(=O)C2)[C@H](C)C2C([C@@H](C)O)C(=O)N12. The molecule has 3 unspecified atom stereocenters. The second-order valence-electron chi connectivity index (χ2n) is 7.56. The van der Waals surface area contributed by atoms with Crippen molar-refractivity contribution >= 4 is 29.5 Å². The van der Waals surface area contributed by atoms with Crippen molar-refractivity contribution in [2.75, 3.05) is 13.2 Å². The first kappa shape index (κ1) is 20.2. The van der Waals surface area contributed by atoms with E-state index in [1.54, 1.807) is 6.92 Å². The van der Waals surface area contributed by atoms with E-state index in [0.717, 1.165) is 24.2 Å². The predicted octanol–water partition coefficient (Wildman–Crippen LogP) is 1.41. The molecular formula is C19H28N2O5S. The van der Waals surface area contributed by atoms with Crippen molar-refractivity contribution in [2.24, 2.45) is 11.8 Å². The van der Waals surface area contributed by atoms with Crippen molar-refractivity contribution in [2.45, 2.75) is 63.9 Å². The largest absolute Gasteiger partial charge is 0.461 e. The van der Waals surface area contributed by atoms with Gasteiger partial charge in [0.1, 0.15) is 5.70 Å². The van der Waals surface area contributed by atoms with E-state index in [9.17, 15) is 19.5 Å². The number of β-lactam (4-membered cyclic amide) rings is 1. The van der Waals surface area contributed by atoms with Gasteiger partial charge in [0, 0.05) is 29.0 Å². The van der Waals surface area contributed by atoms with Gasteiger partial charge < -0.3 is 20.1 Å². The number of amides is 2. The molecule has 2 N–H and O–H groups in total. The minimum absolute atomic E-state index is 0.00338. The Morgan fingerprint density at radius 3 is 2.74 bits per heavy atom. The highest BCUT2D eigenvalue weighted by Gasteiger charge is 2.60. The molecule has 0 radical (unpaired) electrons. The van der Waals surface area contributed by atoms with E-state index < -0.39 is 18.0 Å². The first-order chi connectivity index (χ1) is 12.9. The number of hydrogen-bond donors (Lipinski definition) is 2. The van der Waals surface area contributed by atoms with E-state index in [-0.39, 0.29) is 29.0 Å². The van der Waals surface area contributed by atoms with E-state index in [1.165, 1.54) is 16.7 Å². The Bertz CT molecular complexity index is 662. The molecule has 3 heterocycles. The Kier molecular flexibility index (Phi) is 6.15. The summed E-state index contributed by atoms with van der Waals surface area (Å²) in [6.45, 7) is 6.55. The summed E-state index contributed by atoms with van der Waals surface area (Å²) in [7, 11) is 0. The van der Waals surface area contributed by atoms with Gasteiger partial charge in [-0.2, -0.15) is 0 Å². The van der Waals surface area contributed by atoms with Crippen LogP contribution in [0.25, 0.3) is 0 Å². The zero-order valence-electron chi connectivity index (χ0n) is 16.1. The van der Waals surface area contributed by atoms with Crippen LogP contribution >= 0.6 is 11.8 Å². The van der Waals surface area contributed by atoms with E-state index in [4.69, 9.17) is 4.74 Å². The lowest BCUT2D eigenvalue weighted by molar-refractivity contribution is -0.164. The third-order valence-electron chi connectivity index (χ3n) is 5.52. The Hall–Kier alpha value is -1.54. The van der Waals surface area contributed by atoms with Gasteiger partial charge in [0.2, 0.25) is 11.8 Å². The summed E-state index contributed by atoms with van der Waals surface area (Å²) >= 11 is 1.49. The predicted molar refractivity (Wildman–Crippen MR) is 101 cm³/mol. The second-order valence-corrected chi connectivity index (χ2v) is 8.90. The Morgan fingerprint density at radius 2 is 2.15 bits per heavy atom. The van der Waals surface area contributed by atoms with Gasteiger partial charge in [-0.05, 0) is 13.3 Å². The molecule has 0 aromatic heterocycles. The minimum Gasteiger partial charge on any atom is -0.461 e. The van der Waals surface area contributed by atoms with Crippen molar-refractivity contribution in [3.8, 4) is 0 Å². The zero-order chi connectivity index (χ0) is 19.7. The van der Waals surface area contributed by atoms with Crippen LogP contribution in [0.1, 0.15) is 46.5 Å². The third kappa shape index (κ3) is 3.74. The fourth-order valence-corrected chi connectivity index (χ4v) is 5.50. The number of carbonyl (C=O) groups is 3. The highest BCUT2D eigenvalue weighted by atomic mass is 32.2. The van der Waals surface area contributed by atoms with Crippen molar-refractivity contribution in [1.82, 2.24) is 10.2 Å². The fraction of sp³-hybridized carbons (Fsp3) is 0.737. The summed E-state index contributed by atoms with van der Waals surface area (Å²) in [6.07, 6.45) is 2.45. The second kappa shape index (κ2) is 8.22. The number of ether oxygens (including phenoxy) is 1. The van der Waals surface area contributed by atoms with Gasteiger partial charge in [-0.25, -0.2) is 4.79 Å². The van der Waals surface area contributed by atoms with Gasteiger partial charge in [0.15, 0.2) is 0 Å². The maximum atomic E-state index is 12.8. The van der Waals surface area contributed by atoms with Gasteiger partial charge >= 0.3 is 5.97 Å². The lowest BCUT2D eigenvalue weighted by atomic mass is 9.79. The molecule has 3 aliphatic rings. The molecule has 2 amide bonds. The molecule has 2 fully saturated rings. The molecule has 27 heavy (non-hydrogen) atoms. The number of esters is 1. The number of nitrogens with zero attached hydrogens (tertiary/aromatic N) is 1. The summed E-state index contributed by atoms with van der Waals surface area (Å²) in [6, 6.07) is -0.219. The van der Waals surface area contributed by atoms with E-state index in [0.29, 0.717) is 25.3 Å². The molecule has 3 aliphatic heterocycles. The molecule has 0 aromatic carbocycles. The fourth-order valence-electron chi connectivity index (χ4n) is 4.10. The Morgan fingerprint density at radius 1 is 1.41 bits per heavy atom. The maximum absolute atomic E-state index is 12.8. The number of fused-ring (bicyclic) bond motifs is 1. The molecule has 2 saturated heterocycles. The average molecular weight is 397 g/mol. The van der Waals surface area contributed by atoms with Crippen molar-refractivity contribution in [3.63, 3.8) is 0 Å². The normalized spacial score (nSPS) is 30.9. The topological polar surface area (TPSA) is 95.9 Å². The van der Waals surface area contributed by atoms with Crippen LogP contribution < -0.4 is 5.32 Å². The van der Waals surface area contributed by atoms with Crippen molar-refractivity contribution in [1.29, 1.82) is 0 Å². The summed E-state index contributed by atoms with van der Waals surface area (Å²) in [4.78, 5) is 39.2.